The average Bonchev–Trinajstić information content (AvgIpc) is 2.41. The molecule has 1 aliphatic rings. The molecule has 1 aliphatic heterocycles. The van der Waals surface area contributed by atoms with Crippen LogP contribution in [0.3, 0.4) is 0 Å². The summed E-state index contributed by atoms with van der Waals surface area (Å²) >= 11 is 0. The molecule has 0 radical (unpaired) electrons. The Morgan fingerprint density at radius 3 is 3.29 bits per heavy atom. The zero-order valence-corrected chi connectivity index (χ0v) is 7.49. The number of carbonyl (C=O) groups is 1. The molecule has 14 heavy (non-hydrogen) atoms. The molecular weight excluding hydrogens is 184 g/mol. The minimum Gasteiger partial charge on any atom is -0.478 e. The van der Waals surface area contributed by atoms with Gasteiger partial charge in [0, 0.05) is 12.7 Å². The van der Waals surface area contributed by atoms with Gasteiger partial charge >= 0.3 is 5.97 Å². The third kappa shape index (κ3) is 1.61. The number of aromatic carboxylic acids is 1. The SMILES string of the molecule is O=C(O)c1cnc2c(c1)NCCCO2. The molecule has 0 amide bonds. The number of carboxylic acid groups (broad SMARTS) is 1. The summed E-state index contributed by atoms with van der Waals surface area (Å²) in [7, 11) is 0. The van der Waals surface area contributed by atoms with Gasteiger partial charge < -0.3 is 15.2 Å². The Kier molecular flexibility index (Phi) is 2.22. The molecule has 0 saturated carbocycles. The molecule has 0 fully saturated rings. The Morgan fingerprint density at radius 1 is 1.64 bits per heavy atom. The molecule has 2 heterocycles. The molecule has 0 spiro atoms. The van der Waals surface area contributed by atoms with E-state index in [1.165, 1.54) is 12.3 Å². The van der Waals surface area contributed by atoms with Crippen molar-refractivity contribution in [1.29, 1.82) is 0 Å². The van der Waals surface area contributed by atoms with E-state index in [4.69, 9.17) is 9.84 Å². The van der Waals surface area contributed by atoms with E-state index in [1.54, 1.807) is 0 Å². The Morgan fingerprint density at radius 2 is 2.50 bits per heavy atom. The van der Waals surface area contributed by atoms with Crippen molar-refractivity contribution in [2.75, 3.05) is 18.5 Å². The van der Waals surface area contributed by atoms with Crippen LogP contribution in [0.1, 0.15) is 16.8 Å². The lowest BCUT2D eigenvalue weighted by molar-refractivity contribution is 0.0696. The van der Waals surface area contributed by atoms with Gasteiger partial charge in [-0.1, -0.05) is 0 Å². The second-order valence-electron chi connectivity index (χ2n) is 3.01. The van der Waals surface area contributed by atoms with Gasteiger partial charge in [-0.15, -0.1) is 0 Å². The fraction of sp³-hybridized carbons (Fsp3) is 0.333. The molecule has 0 saturated heterocycles. The largest absolute Gasteiger partial charge is 0.478 e. The topological polar surface area (TPSA) is 71.5 Å². The van der Waals surface area contributed by atoms with Crippen LogP contribution in [-0.4, -0.2) is 29.2 Å². The quantitative estimate of drug-likeness (QED) is 0.697. The number of hydrogen-bond donors (Lipinski definition) is 2. The molecule has 0 atom stereocenters. The zero-order valence-electron chi connectivity index (χ0n) is 7.49. The summed E-state index contributed by atoms with van der Waals surface area (Å²) in [5, 5.41) is 11.8. The highest BCUT2D eigenvalue weighted by atomic mass is 16.5. The predicted molar refractivity (Wildman–Crippen MR) is 49.8 cm³/mol. The summed E-state index contributed by atoms with van der Waals surface area (Å²) in [5.41, 5.74) is 0.823. The maximum atomic E-state index is 10.7. The van der Waals surface area contributed by atoms with Crippen LogP contribution in [0.2, 0.25) is 0 Å². The first-order chi connectivity index (χ1) is 6.77. The molecule has 0 aromatic carbocycles. The summed E-state index contributed by atoms with van der Waals surface area (Å²) in [6, 6.07) is 1.54. The molecule has 0 unspecified atom stereocenters. The fourth-order valence-corrected chi connectivity index (χ4v) is 1.27. The molecule has 0 aliphatic carbocycles. The van der Waals surface area contributed by atoms with Gasteiger partial charge in [0.15, 0.2) is 0 Å². The maximum Gasteiger partial charge on any atom is 0.337 e. The number of nitrogens with one attached hydrogen (secondary N) is 1. The van der Waals surface area contributed by atoms with Crippen molar-refractivity contribution in [3.05, 3.63) is 17.8 Å². The first-order valence-electron chi connectivity index (χ1n) is 4.37. The lowest BCUT2D eigenvalue weighted by atomic mass is 10.2. The normalized spacial score (nSPS) is 14.6. The lowest BCUT2D eigenvalue weighted by Crippen LogP contribution is -2.02. The molecular formula is C9H10N2O3. The van der Waals surface area contributed by atoms with Gasteiger partial charge in [-0.2, -0.15) is 0 Å². The number of rotatable bonds is 1. The summed E-state index contributed by atoms with van der Waals surface area (Å²) in [4.78, 5) is 14.6. The second-order valence-corrected chi connectivity index (χ2v) is 3.01. The molecule has 0 bridgehead atoms. The van der Waals surface area contributed by atoms with Crippen LogP contribution in [0.15, 0.2) is 12.3 Å². The number of aromatic nitrogens is 1. The molecule has 1 aromatic rings. The van der Waals surface area contributed by atoms with Gasteiger partial charge in [0.2, 0.25) is 5.88 Å². The highest BCUT2D eigenvalue weighted by Crippen LogP contribution is 2.24. The summed E-state index contributed by atoms with van der Waals surface area (Å²) in [6.45, 7) is 1.39. The maximum absolute atomic E-state index is 10.7. The third-order valence-electron chi connectivity index (χ3n) is 1.97. The smallest absolute Gasteiger partial charge is 0.337 e. The van der Waals surface area contributed by atoms with E-state index in [1.807, 2.05) is 0 Å². The molecule has 5 nitrogen and oxygen atoms in total. The number of fused-ring (bicyclic) bond motifs is 1. The van der Waals surface area contributed by atoms with Crippen molar-refractivity contribution >= 4 is 11.7 Å². The Balaban J connectivity index is 2.37. The molecule has 2 N–H and O–H groups in total. The van der Waals surface area contributed by atoms with E-state index in [9.17, 15) is 4.79 Å². The standard InChI is InChI=1S/C9H10N2O3/c12-9(13)6-4-7-8(11-5-6)14-3-1-2-10-7/h4-5,10H,1-3H2,(H,12,13). The first kappa shape index (κ1) is 8.80. The minimum absolute atomic E-state index is 0.168. The third-order valence-corrected chi connectivity index (χ3v) is 1.97. The molecule has 1 aromatic heterocycles. The van der Waals surface area contributed by atoms with Gasteiger partial charge in [0.25, 0.3) is 0 Å². The van der Waals surface area contributed by atoms with Crippen LogP contribution in [0, 0.1) is 0 Å². The van der Waals surface area contributed by atoms with E-state index in [0.717, 1.165) is 13.0 Å². The number of nitrogens with zero attached hydrogens (tertiary/aromatic N) is 1. The average molecular weight is 194 g/mol. The Bertz CT molecular complexity index is 365. The van der Waals surface area contributed by atoms with Crippen molar-refractivity contribution in [2.45, 2.75) is 6.42 Å². The monoisotopic (exact) mass is 194 g/mol. The van der Waals surface area contributed by atoms with Crippen molar-refractivity contribution < 1.29 is 14.6 Å². The summed E-state index contributed by atoms with van der Waals surface area (Å²) in [6.07, 6.45) is 2.19. The van der Waals surface area contributed by atoms with Crippen molar-refractivity contribution in [3.8, 4) is 5.88 Å². The van der Waals surface area contributed by atoms with Crippen molar-refractivity contribution in [3.63, 3.8) is 0 Å². The van der Waals surface area contributed by atoms with Gasteiger partial charge in [0.1, 0.15) is 0 Å². The number of carboxylic acids is 1. The van der Waals surface area contributed by atoms with E-state index in [-0.39, 0.29) is 5.56 Å². The second kappa shape index (κ2) is 3.53. The minimum atomic E-state index is -0.980. The number of ether oxygens (including phenoxy) is 1. The number of anilines is 1. The fourth-order valence-electron chi connectivity index (χ4n) is 1.27. The van der Waals surface area contributed by atoms with Gasteiger partial charge in [0.05, 0.1) is 17.9 Å². The van der Waals surface area contributed by atoms with Crippen LogP contribution < -0.4 is 10.1 Å². The van der Waals surface area contributed by atoms with Gasteiger partial charge in [-0.05, 0) is 12.5 Å². The predicted octanol–water partition coefficient (Wildman–Crippen LogP) is 0.974. The zero-order chi connectivity index (χ0) is 9.97. The van der Waals surface area contributed by atoms with Crippen molar-refractivity contribution in [2.24, 2.45) is 0 Å². The van der Waals surface area contributed by atoms with E-state index in [0.29, 0.717) is 18.2 Å². The van der Waals surface area contributed by atoms with E-state index < -0.39 is 5.97 Å². The van der Waals surface area contributed by atoms with Crippen LogP contribution in [-0.2, 0) is 0 Å². The summed E-state index contributed by atoms with van der Waals surface area (Å²) in [5.74, 6) is -0.501. The molecule has 2 rings (SSSR count). The van der Waals surface area contributed by atoms with Crippen LogP contribution in [0.5, 0.6) is 5.88 Å². The summed E-state index contributed by atoms with van der Waals surface area (Å²) < 4.78 is 5.32. The van der Waals surface area contributed by atoms with Gasteiger partial charge in [-0.3, -0.25) is 0 Å². The molecule has 5 heteroatoms. The number of hydrogen-bond acceptors (Lipinski definition) is 4. The van der Waals surface area contributed by atoms with E-state index in [2.05, 4.69) is 10.3 Å². The lowest BCUT2D eigenvalue weighted by Gasteiger charge is -2.06. The van der Waals surface area contributed by atoms with E-state index >= 15 is 0 Å². The Labute approximate surface area is 80.7 Å². The van der Waals surface area contributed by atoms with Crippen molar-refractivity contribution in [1.82, 2.24) is 4.98 Å². The highest BCUT2D eigenvalue weighted by Gasteiger charge is 2.12. The number of pyridine rings is 1. The van der Waals surface area contributed by atoms with Crippen LogP contribution in [0.25, 0.3) is 0 Å². The van der Waals surface area contributed by atoms with Crippen LogP contribution in [0.4, 0.5) is 5.69 Å². The van der Waals surface area contributed by atoms with Crippen LogP contribution >= 0.6 is 0 Å². The first-order valence-corrected chi connectivity index (χ1v) is 4.37. The van der Waals surface area contributed by atoms with Gasteiger partial charge in [-0.25, -0.2) is 9.78 Å². The highest BCUT2D eigenvalue weighted by molar-refractivity contribution is 5.88. The Hall–Kier alpha value is -1.78. The molecule has 74 valence electrons.